The summed E-state index contributed by atoms with van der Waals surface area (Å²) in [5.41, 5.74) is 5.08. The standard InChI is InChI=1S/C13H22N2O3S/c1-4-15(10-13(2,3)16)19(17,18)12-8-6-5-7-11(12)9-14/h5-8,16H,4,9-10,14H2,1-3H3. The first-order chi connectivity index (χ1) is 8.72. The molecule has 0 saturated heterocycles. The van der Waals surface area contributed by atoms with Crippen molar-refractivity contribution in [1.82, 2.24) is 4.31 Å². The van der Waals surface area contributed by atoms with Gasteiger partial charge in [-0.25, -0.2) is 8.42 Å². The summed E-state index contributed by atoms with van der Waals surface area (Å²) >= 11 is 0. The molecule has 0 fully saturated rings. The highest BCUT2D eigenvalue weighted by Gasteiger charge is 2.29. The lowest BCUT2D eigenvalue weighted by Crippen LogP contribution is -2.42. The van der Waals surface area contributed by atoms with Crippen LogP contribution in [0.25, 0.3) is 0 Å². The minimum absolute atomic E-state index is 0.0464. The Labute approximate surface area is 115 Å². The summed E-state index contributed by atoms with van der Waals surface area (Å²) in [6.45, 7) is 5.42. The molecule has 3 N–H and O–H groups in total. The smallest absolute Gasteiger partial charge is 0.243 e. The maximum Gasteiger partial charge on any atom is 0.243 e. The van der Waals surface area contributed by atoms with Crippen LogP contribution < -0.4 is 5.73 Å². The van der Waals surface area contributed by atoms with Gasteiger partial charge < -0.3 is 10.8 Å². The summed E-state index contributed by atoms with van der Waals surface area (Å²) in [5.74, 6) is 0. The third kappa shape index (κ3) is 4.01. The first-order valence-corrected chi connectivity index (χ1v) is 7.67. The van der Waals surface area contributed by atoms with E-state index in [0.717, 1.165) is 0 Å². The molecule has 0 amide bonds. The molecule has 108 valence electrons. The van der Waals surface area contributed by atoms with E-state index in [4.69, 9.17) is 5.73 Å². The van der Waals surface area contributed by atoms with Crippen molar-refractivity contribution >= 4 is 10.0 Å². The zero-order chi connectivity index (χ0) is 14.7. The maximum atomic E-state index is 12.6. The van der Waals surface area contributed by atoms with Crippen LogP contribution in [0.1, 0.15) is 26.3 Å². The zero-order valence-electron chi connectivity index (χ0n) is 11.6. The number of sulfonamides is 1. The third-order valence-corrected chi connectivity index (χ3v) is 4.75. The first-order valence-electron chi connectivity index (χ1n) is 6.23. The van der Waals surface area contributed by atoms with Crippen molar-refractivity contribution in [3.8, 4) is 0 Å². The number of nitrogens with two attached hydrogens (primary N) is 1. The van der Waals surface area contributed by atoms with Crippen molar-refractivity contribution < 1.29 is 13.5 Å². The summed E-state index contributed by atoms with van der Waals surface area (Å²) < 4.78 is 26.4. The highest BCUT2D eigenvalue weighted by molar-refractivity contribution is 7.89. The molecule has 1 aromatic carbocycles. The van der Waals surface area contributed by atoms with Crippen LogP contribution in [-0.4, -0.2) is 36.5 Å². The molecule has 0 spiro atoms. The summed E-state index contributed by atoms with van der Waals surface area (Å²) in [5, 5.41) is 9.83. The number of benzene rings is 1. The lowest BCUT2D eigenvalue weighted by Gasteiger charge is -2.28. The van der Waals surface area contributed by atoms with E-state index in [1.165, 1.54) is 4.31 Å². The van der Waals surface area contributed by atoms with Crippen LogP contribution in [-0.2, 0) is 16.6 Å². The summed E-state index contributed by atoms with van der Waals surface area (Å²) in [6, 6.07) is 6.67. The molecular formula is C13H22N2O3S. The van der Waals surface area contributed by atoms with Gasteiger partial charge in [0.05, 0.1) is 10.5 Å². The third-order valence-electron chi connectivity index (χ3n) is 2.73. The van der Waals surface area contributed by atoms with E-state index in [2.05, 4.69) is 0 Å². The Morgan fingerprint density at radius 3 is 2.37 bits per heavy atom. The maximum absolute atomic E-state index is 12.6. The van der Waals surface area contributed by atoms with Crippen molar-refractivity contribution in [2.75, 3.05) is 13.1 Å². The van der Waals surface area contributed by atoms with Gasteiger partial charge in [0.1, 0.15) is 0 Å². The number of nitrogens with zero attached hydrogens (tertiary/aromatic N) is 1. The monoisotopic (exact) mass is 286 g/mol. The summed E-state index contributed by atoms with van der Waals surface area (Å²) in [6.07, 6.45) is 0. The Balaban J connectivity index is 3.21. The SMILES string of the molecule is CCN(CC(C)(C)O)S(=O)(=O)c1ccccc1CN. The van der Waals surface area contributed by atoms with E-state index in [9.17, 15) is 13.5 Å². The first kappa shape index (κ1) is 16.1. The predicted octanol–water partition coefficient (Wildman–Crippen LogP) is 0.927. The van der Waals surface area contributed by atoms with Crippen LogP contribution in [0.4, 0.5) is 0 Å². The molecule has 0 radical (unpaired) electrons. The molecule has 0 aromatic heterocycles. The fourth-order valence-corrected chi connectivity index (χ4v) is 3.70. The second-order valence-electron chi connectivity index (χ2n) is 5.06. The van der Waals surface area contributed by atoms with E-state index in [0.29, 0.717) is 12.1 Å². The van der Waals surface area contributed by atoms with Crippen molar-refractivity contribution in [3.05, 3.63) is 29.8 Å². The summed E-state index contributed by atoms with van der Waals surface area (Å²) in [4.78, 5) is 0.212. The Hall–Kier alpha value is -0.950. The van der Waals surface area contributed by atoms with Crippen LogP contribution >= 0.6 is 0 Å². The normalized spacial score (nSPS) is 12.9. The Morgan fingerprint density at radius 2 is 1.89 bits per heavy atom. The van der Waals surface area contributed by atoms with Gasteiger partial charge in [-0.15, -0.1) is 0 Å². The second-order valence-corrected chi connectivity index (χ2v) is 6.96. The van der Waals surface area contributed by atoms with E-state index in [1.54, 1.807) is 45.0 Å². The van der Waals surface area contributed by atoms with Crippen molar-refractivity contribution in [1.29, 1.82) is 0 Å². The number of hydrogen-bond donors (Lipinski definition) is 2. The average Bonchev–Trinajstić information content (AvgIpc) is 2.34. The highest BCUT2D eigenvalue weighted by atomic mass is 32.2. The van der Waals surface area contributed by atoms with Gasteiger partial charge >= 0.3 is 0 Å². The van der Waals surface area contributed by atoms with Gasteiger partial charge in [-0.05, 0) is 25.5 Å². The van der Waals surface area contributed by atoms with Gasteiger partial charge in [-0.2, -0.15) is 4.31 Å². The molecule has 0 aliphatic rings. The number of aliphatic hydroxyl groups is 1. The molecule has 0 aliphatic carbocycles. The molecule has 0 atom stereocenters. The fourth-order valence-electron chi connectivity index (χ4n) is 1.86. The number of likely N-dealkylation sites (N-methyl/N-ethyl adjacent to an activating group) is 1. The van der Waals surface area contributed by atoms with Gasteiger partial charge in [-0.3, -0.25) is 0 Å². The molecule has 5 nitrogen and oxygen atoms in total. The molecule has 19 heavy (non-hydrogen) atoms. The van der Waals surface area contributed by atoms with Crippen molar-refractivity contribution in [2.45, 2.75) is 37.8 Å². The summed E-state index contributed by atoms with van der Waals surface area (Å²) in [7, 11) is -3.63. The van der Waals surface area contributed by atoms with Crippen molar-refractivity contribution in [3.63, 3.8) is 0 Å². The van der Waals surface area contributed by atoms with E-state index in [-0.39, 0.29) is 18.0 Å². The molecule has 0 heterocycles. The number of hydrogen-bond acceptors (Lipinski definition) is 4. The van der Waals surface area contributed by atoms with Crippen LogP contribution in [0.15, 0.2) is 29.2 Å². The molecule has 0 aliphatic heterocycles. The van der Waals surface area contributed by atoms with Gasteiger partial charge in [-0.1, -0.05) is 25.1 Å². The molecule has 0 bridgehead atoms. The van der Waals surface area contributed by atoms with E-state index < -0.39 is 15.6 Å². The fraction of sp³-hybridized carbons (Fsp3) is 0.538. The zero-order valence-corrected chi connectivity index (χ0v) is 12.4. The molecule has 0 saturated carbocycles. The Kier molecular flexibility index (Phi) is 5.09. The van der Waals surface area contributed by atoms with Crippen LogP contribution in [0.3, 0.4) is 0 Å². The molecule has 1 aromatic rings. The molecule has 1 rings (SSSR count). The van der Waals surface area contributed by atoms with E-state index >= 15 is 0 Å². The van der Waals surface area contributed by atoms with Crippen LogP contribution in [0, 0.1) is 0 Å². The van der Waals surface area contributed by atoms with Crippen LogP contribution in [0.2, 0.25) is 0 Å². The van der Waals surface area contributed by atoms with Gasteiger partial charge in [0.15, 0.2) is 0 Å². The number of rotatable bonds is 6. The lowest BCUT2D eigenvalue weighted by molar-refractivity contribution is 0.0601. The molecule has 6 heteroatoms. The lowest BCUT2D eigenvalue weighted by atomic mass is 10.1. The van der Waals surface area contributed by atoms with Crippen LogP contribution in [0.5, 0.6) is 0 Å². The molecule has 0 unspecified atom stereocenters. The average molecular weight is 286 g/mol. The minimum Gasteiger partial charge on any atom is -0.389 e. The highest BCUT2D eigenvalue weighted by Crippen LogP contribution is 2.21. The Bertz CT molecular complexity index is 521. The van der Waals surface area contributed by atoms with Gasteiger partial charge in [0.2, 0.25) is 10.0 Å². The topological polar surface area (TPSA) is 83.6 Å². The molecular weight excluding hydrogens is 264 g/mol. The minimum atomic E-state index is -3.63. The quantitative estimate of drug-likeness (QED) is 0.815. The largest absolute Gasteiger partial charge is 0.389 e. The second kappa shape index (κ2) is 6.00. The van der Waals surface area contributed by atoms with E-state index in [1.807, 2.05) is 0 Å². The van der Waals surface area contributed by atoms with Gasteiger partial charge in [0.25, 0.3) is 0 Å². The predicted molar refractivity (Wildman–Crippen MR) is 75.1 cm³/mol. The Morgan fingerprint density at radius 1 is 1.32 bits per heavy atom. The van der Waals surface area contributed by atoms with Crippen molar-refractivity contribution in [2.24, 2.45) is 5.73 Å². The van der Waals surface area contributed by atoms with Gasteiger partial charge in [0, 0.05) is 19.6 Å².